The van der Waals surface area contributed by atoms with Crippen molar-refractivity contribution < 1.29 is 4.79 Å². The Morgan fingerprint density at radius 2 is 2.30 bits per heavy atom. The molecule has 0 aliphatic carbocycles. The van der Waals surface area contributed by atoms with Gasteiger partial charge in [0.15, 0.2) is 0 Å². The van der Waals surface area contributed by atoms with Gasteiger partial charge in [-0.2, -0.15) is 5.10 Å². The lowest BCUT2D eigenvalue weighted by Gasteiger charge is -2.07. The molecule has 0 radical (unpaired) electrons. The van der Waals surface area contributed by atoms with E-state index >= 15 is 0 Å². The van der Waals surface area contributed by atoms with Crippen molar-refractivity contribution >= 4 is 29.4 Å². The molecule has 1 aliphatic heterocycles. The van der Waals surface area contributed by atoms with Crippen molar-refractivity contribution in [3.63, 3.8) is 0 Å². The van der Waals surface area contributed by atoms with Gasteiger partial charge in [0.1, 0.15) is 5.82 Å². The number of halogens is 1. The minimum absolute atomic E-state index is 0.148. The molecule has 23 heavy (non-hydrogen) atoms. The fourth-order valence-corrected chi connectivity index (χ4v) is 2.66. The second-order valence-corrected chi connectivity index (χ2v) is 5.51. The highest BCUT2D eigenvalue weighted by molar-refractivity contribution is 6.32. The van der Waals surface area contributed by atoms with Crippen LogP contribution in [-0.2, 0) is 13.6 Å². The minimum atomic E-state index is -0.148. The Bertz CT molecular complexity index is 914. The maximum Gasteiger partial charge on any atom is 0.326 e. The van der Waals surface area contributed by atoms with Gasteiger partial charge in [0, 0.05) is 30.6 Å². The molecule has 1 aliphatic rings. The molecule has 3 aromatic rings. The van der Waals surface area contributed by atoms with E-state index in [2.05, 4.69) is 25.7 Å². The van der Waals surface area contributed by atoms with Gasteiger partial charge in [0.05, 0.1) is 29.7 Å². The van der Waals surface area contributed by atoms with Crippen molar-refractivity contribution in [1.29, 1.82) is 0 Å². The Hall–Kier alpha value is -2.87. The first-order valence-corrected chi connectivity index (χ1v) is 7.27. The predicted octanol–water partition coefficient (Wildman–Crippen LogP) is 2.15. The SMILES string of the molecule is Cn1nccc1Nc1ncc(Cl)c(-c2cc3n(c2)C(=O)NC3)n1. The van der Waals surface area contributed by atoms with Crippen LogP contribution < -0.4 is 10.6 Å². The third-order valence-electron chi connectivity index (χ3n) is 3.62. The lowest BCUT2D eigenvalue weighted by Crippen LogP contribution is -2.16. The van der Waals surface area contributed by atoms with E-state index < -0.39 is 0 Å². The first-order chi connectivity index (χ1) is 11.1. The van der Waals surface area contributed by atoms with E-state index in [0.717, 1.165) is 17.1 Å². The van der Waals surface area contributed by atoms with E-state index in [-0.39, 0.29) is 6.03 Å². The molecule has 0 spiro atoms. The number of fused-ring (bicyclic) bond motifs is 1. The van der Waals surface area contributed by atoms with Crippen LogP contribution in [0.2, 0.25) is 5.02 Å². The number of aryl methyl sites for hydroxylation is 1. The summed E-state index contributed by atoms with van der Waals surface area (Å²) in [5.41, 5.74) is 2.22. The van der Waals surface area contributed by atoms with Crippen LogP contribution in [0, 0.1) is 0 Å². The fourth-order valence-electron chi connectivity index (χ4n) is 2.46. The molecular formula is C14H12ClN7O. The highest BCUT2D eigenvalue weighted by Gasteiger charge is 2.21. The van der Waals surface area contributed by atoms with Crippen molar-refractivity contribution in [1.82, 2.24) is 29.6 Å². The van der Waals surface area contributed by atoms with Gasteiger partial charge in [0.2, 0.25) is 5.95 Å². The zero-order chi connectivity index (χ0) is 16.0. The van der Waals surface area contributed by atoms with Crippen LogP contribution in [-0.4, -0.2) is 30.3 Å². The van der Waals surface area contributed by atoms with E-state index in [1.807, 2.05) is 19.2 Å². The van der Waals surface area contributed by atoms with E-state index in [1.54, 1.807) is 21.6 Å². The molecule has 4 heterocycles. The molecule has 1 amide bonds. The third kappa shape index (κ3) is 2.33. The topological polar surface area (TPSA) is 89.7 Å². The molecule has 0 atom stereocenters. The summed E-state index contributed by atoms with van der Waals surface area (Å²) in [6.45, 7) is 0.502. The number of hydrogen-bond acceptors (Lipinski definition) is 5. The van der Waals surface area contributed by atoms with Crippen molar-refractivity contribution in [3.05, 3.63) is 41.4 Å². The van der Waals surface area contributed by atoms with Gasteiger partial charge >= 0.3 is 6.03 Å². The minimum Gasteiger partial charge on any atom is -0.332 e. The van der Waals surface area contributed by atoms with Crippen molar-refractivity contribution in [3.8, 4) is 11.3 Å². The van der Waals surface area contributed by atoms with Crippen LogP contribution >= 0.6 is 11.6 Å². The molecule has 116 valence electrons. The molecule has 3 aromatic heterocycles. The summed E-state index contributed by atoms with van der Waals surface area (Å²) >= 11 is 6.22. The highest BCUT2D eigenvalue weighted by atomic mass is 35.5. The quantitative estimate of drug-likeness (QED) is 0.768. The van der Waals surface area contributed by atoms with Crippen LogP contribution in [0.3, 0.4) is 0 Å². The summed E-state index contributed by atoms with van der Waals surface area (Å²) in [5.74, 6) is 1.17. The number of anilines is 2. The summed E-state index contributed by atoms with van der Waals surface area (Å²) < 4.78 is 3.23. The zero-order valence-electron chi connectivity index (χ0n) is 12.1. The zero-order valence-corrected chi connectivity index (χ0v) is 12.9. The van der Waals surface area contributed by atoms with E-state index in [1.165, 1.54) is 6.20 Å². The second kappa shape index (κ2) is 5.10. The number of nitrogens with one attached hydrogen (secondary N) is 2. The molecular weight excluding hydrogens is 318 g/mol. The molecule has 8 nitrogen and oxygen atoms in total. The molecule has 0 bridgehead atoms. The molecule has 0 saturated carbocycles. The van der Waals surface area contributed by atoms with Gasteiger partial charge in [-0.05, 0) is 6.07 Å². The van der Waals surface area contributed by atoms with Gasteiger partial charge in [0.25, 0.3) is 0 Å². The van der Waals surface area contributed by atoms with Crippen LogP contribution in [0.4, 0.5) is 16.6 Å². The van der Waals surface area contributed by atoms with Gasteiger partial charge in [-0.25, -0.2) is 14.8 Å². The number of nitrogens with zero attached hydrogens (tertiary/aromatic N) is 5. The van der Waals surface area contributed by atoms with Gasteiger partial charge in [-0.3, -0.25) is 9.25 Å². The lowest BCUT2D eigenvalue weighted by atomic mass is 10.2. The smallest absolute Gasteiger partial charge is 0.326 e. The monoisotopic (exact) mass is 329 g/mol. The number of rotatable bonds is 3. The van der Waals surface area contributed by atoms with E-state index in [9.17, 15) is 4.79 Å². The first kappa shape index (κ1) is 13.8. The number of carbonyl (C=O) groups excluding carboxylic acids is 1. The van der Waals surface area contributed by atoms with Crippen molar-refractivity contribution in [2.75, 3.05) is 5.32 Å². The number of hydrogen-bond donors (Lipinski definition) is 2. The average molecular weight is 330 g/mol. The van der Waals surface area contributed by atoms with Crippen LogP contribution in [0.25, 0.3) is 11.3 Å². The number of amides is 1. The summed E-state index contributed by atoms with van der Waals surface area (Å²) in [6.07, 6.45) is 4.93. The van der Waals surface area contributed by atoms with Crippen molar-refractivity contribution in [2.45, 2.75) is 6.54 Å². The Morgan fingerprint density at radius 3 is 3.04 bits per heavy atom. The third-order valence-corrected chi connectivity index (χ3v) is 3.89. The maximum absolute atomic E-state index is 11.7. The average Bonchev–Trinajstić information content (AvgIpc) is 3.21. The Balaban J connectivity index is 1.71. The summed E-state index contributed by atoms with van der Waals surface area (Å²) in [6, 6.07) is 3.55. The standard InChI is InChI=1S/C14H12ClN7O/c1-21-11(2-3-18-21)19-13-16-6-10(15)12(20-13)8-4-9-5-17-14(23)22(9)7-8/h2-4,6-7H,5H2,1H3,(H,17,23)(H,16,19,20). The second-order valence-electron chi connectivity index (χ2n) is 5.10. The normalized spacial score (nSPS) is 13.0. The molecule has 0 saturated heterocycles. The Morgan fingerprint density at radius 1 is 1.43 bits per heavy atom. The first-order valence-electron chi connectivity index (χ1n) is 6.89. The number of carbonyl (C=O) groups is 1. The molecule has 9 heteroatoms. The van der Waals surface area contributed by atoms with Gasteiger partial charge in [-0.1, -0.05) is 11.6 Å². The van der Waals surface area contributed by atoms with Crippen LogP contribution in [0.1, 0.15) is 5.69 Å². The Labute approximate surface area is 136 Å². The van der Waals surface area contributed by atoms with E-state index in [0.29, 0.717) is 23.2 Å². The van der Waals surface area contributed by atoms with Crippen LogP contribution in [0.5, 0.6) is 0 Å². The van der Waals surface area contributed by atoms with Gasteiger partial charge < -0.3 is 10.6 Å². The molecule has 0 fully saturated rings. The fraction of sp³-hybridized carbons (Fsp3) is 0.143. The Kier molecular flexibility index (Phi) is 3.05. The summed E-state index contributed by atoms with van der Waals surface area (Å²) in [5, 5.41) is 10.3. The van der Waals surface area contributed by atoms with E-state index in [4.69, 9.17) is 11.6 Å². The summed E-state index contributed by atoms with van der Waals surface area (Å²) in [4.78, 5) is 20.3. The van der Waals surface area contributed by atoms with Crippen molar-refractivity contribution in [2.24, 2.45) is 7.05 Å². The summed E-state index contributed by atoms with van der Waals surface area (Å²) in [7, 11) is 1.82. The molecule has 4 rings (SSSR count). The number of aromatic nitrogens is 5. The maximum atomic E-state index is 11.7. The predicted molar refractivity (Wildman–Crippen MR) is 84.6 cm³/mol. The highest BCUT2D eigenvalue weighted by Crippen LogP contribution is 2.29. The molecule has 0 aromatic carbocycles. The molecule has 0 unspecified atom stereocenters. The lowest BCUT2D eigenvalue weighted by molar-refractivity contribution is 0.246. The largest absolute Gasteiger partial charge is 0.332 e. The van der Waals surface area contributed by atoms with Gasteiger partial charge in [-0.15, -0.1) is 0 Å². The van der Waals surface area contributed by atoms with Crippen LogP contribution in [0.15, 0.2) is 30.7 Å². The molecule has 2 N–H and O–H groups in total.